The number of aromatic nitrogens is 4. The van der Waals surface area contributed by atoms with E-state index in [1.807, 2.05) is 24.4 Å². The van der Waals surface area contributed by atoms with E-state index in [0.29, 0.717) is 24.3 Å². The van der Waals surface area contributed by atoms with E-state index < -0.39 is 11.9 Å². The zero-order chi connectivity index (χ0) is 20.3. The van der Waals surface area contributed by atoms with E-state index in [9.17, 15) is 13.2 Å². The van der Waals surface area contributed by atoms with Crippen molar-refractivity contribution < 1.29 is 13.2 Å². The van der Waals surface area contributed by atoms with Crippen LogP contribution in [0, 0.1) is 0 Å². The van der Waals surface area contributed by atoms with Gasteiger partial charge in [0.1, 0.15) is 5.69 Å². The number of hydrogen-bond acceptors (Lipinski definition) is 5. The summed E-state index contributed by atoms with van der Waals surface area (Å²) in [5.41, 5.74) is 2.75. The van der Waals surface area contributed by atoms with Crippen molar-refractivity contribution in [2.24, 2.45) is 0 Å². The molecule has 0 aromatic carbocycles. The van der Waals surface area contributed by atoms with Crippen molar-refractivity contribution in [3.05, 3.63) is 90.6 Å². The Labute approximate surface area is 165 Å². The van der Waals surface area contributed by atoms with Crippen molar-refractivity contribution in [1.29, 1.82) is 0 Å². The van der Waals surface area contributed by atoms with Gasteiger partial charge in [-0.05, 0) is 41.6 Å². The lowest BCUT2D eigenvalue weighted by Crippen LogP contribution is -2.21. The summed E-state index contributed by atoms with van der Waals surface area (Å²) in [6.07, 6.45) is 9.29. The van der Waals surface area contributed by atoms with Gasteiger partial charge >= 0.3 is 6.18 Å². The van der Waals surface area contributed by atoms with Gasteiger partial charge in [0.15, 0.2) is 0 Å². The molecule has 1 aliphatic heterocycles. The topological polar surface area (TPSA) is 54.8 Å². The number of nitrogens with zero attached hydrogens (tertiary/aromatic N) is 5. The molecular formula is C21H16F3N5. The van der Waals surface area contributed by atoms with Gasteiger partial charge in [-0.1, -0.05) is 12.1 Å². The predicted octanol–water partition coefficient (Wildman–Crippen LogP) is 4.37. The van der Waals surface area contributed by atoms with Crippen LogP contribution in [0.3, 0.4) is 0 Å². The van der Waals surface area contributed by atoms with E-state index >= 15 is 0 Å². The normalized spacial score (nSPS) is 14.0. The minimum Gasteiger partial charge on any atom is -0.369 e. The Morgan fingerprint density at radius 3 is 2.55 bits per heavy atom. The van der Waals surface area contributed by atoms with E-state index in [4.69, 9.17) is 0 Å². The quantitative estimate of drug-likeness (QED) is 0.657. The summed E-state index contributed by atoms with van der Waals surface area (Å²) in [6.45, 7) is 1.29. The average molecular weight is 395 g/mol. The fourth-order valence-electron chi connectivity index (χ4n) is 3.01. The fraction of sp³-hybridized carbons (Fsp3) is 0.143. The van der Waals surface area contributed by atoms with Crippen LogP contribution in [-0.2, 0) is 12.7 Å². The van der Waals surface area contributed by atoms with Crippen molar-refractivity contribution in [2.75, 3.05) is 6.54 Å². The molecule has 3 aromatic heterocycles. The molecule has 4 heterocycles. The molecule has 0 radical (unpaired) electrons. The number of rotatable bonds is 4. The fourth-order valence-corrected chi connectivity index (χ4v) is 3.01. The van der Waals surface area contributed by atoms with E-state index in [0.717, 1.165) is 29.1 Å². The standard InChI is InChI=1S/C21H16F3N5/c22-21(23,24)20-10-16(5-6-27-20)18-4-3-15(11-28-18)13-29-9-1-2-17(14-29)19-12-25-7-8-26-19/h1-12H,13-14H2. The van der Waals surface area contributed by atoms with Gasteiger partial charge in [0, 0.05) is 43.4 Å². The maximum atomic E-state index is 12.9. The molecule has 0 fully saturated rings. The number of alkyl halides is 3. The van der Waals surface area contributed by atoms with Crippen molar-refractivity contribution in [2.45, 2.75) is 12.7 Å². The monoisotopic (exact) mass is 395 g/mol. The van der Waals surface area contributed by atoms with Crippen LogP contribution in [0.1, 0.15) is 17.0 Å². The summed E-state index contributed by atoms with van der Waals surface area (Å²) in [5, 5.41) is 0. The molecule has 29 heavy (non-hydrogen) atoms. The summed E-state index contributed by atoms with van der Waals surface area (Å²) in [5.74, 6) is 0. The molecule has 0 N–H and O–H groups in total. The third-order valence-electron chi connectivity index (χ3n) is 4.42. The maximum absolute atomic E-state index is 12.9. The van der Waals surface area contributed by atoms with E-state index in [1.54, 1.807) is 30.9 Å². The van der Waals surface area contributed by atoms with Crippen molar-refractivity contribution in [3.8, 4) is 11.3 Å². The average Bonchev–Trinajstić information content (AvgIpc) is 2.75. The molecule has 4 rings (SSSR count). The molecule has 5 nitrogen and oxygen atoms in total. The Hall–Kier alpha value is -3.55. The zero-order valence-electron chi connectivity index (χ0n) is 15.2. The molecule has 0 bridgehead atoms. The lowest BCUT2D eigenvalue weighted by Gasteiger charge is -2.24. The Bertz CT molecular complexity index is 1040. The van der Waals surface area contributed by atoms with Gasteiger partial charge in [-0.2, -0.15) is 13.2 Å². The van der Waals surface area contributed by atoms with E-state index in [2.05, 4.69) is 24.8 Å². The molecule has 0 atom stereocenters. The molecule has 0 saturated heterocycles. The van der Waals surface area contributed by atoms with Crippen molar-refractivity contribution in [3.63, 3.8) is 0 Å². The Kier molecular flexibility index (Phi) is 5.07. The number of hydrogen-bond donors (Lipinski definition) is 0. The Morgan fingerprint density at radius 1 is 0.931 bits per heavy atom. The summed E-state index contributed by atoms with van der Waals surface area (Å²) < 4.78 is 38.6. The van der Waals surface area contributed by atoms with Gasteiger partial charge in [0.05, 0.1) is 17.6 Å². The van der Waals surface area contributed by atoms with Gasteiger partial charge in [-0.3, -0.25) is 19.9 Å². The third-order valence-corrected chi connectivity index (χ3v) is 4.42. The van der Waals surface area contributed by atoms with Crippen LogP contribution in [0.4, 0.5) is 13.2 Å². The second kappa shape index (κ2) is 7.83. The first-order valence-electron chi connectivity index (χ1n) is 8.85. The zero-order valence-corrected chi connectivity index (χ0v) is 15.2. The number of pyridine rings is 2. The lowest BCUT2D eigenvalue weighted by molar-refractivity contribution is -0.141. The highest BCUT2D eigenvalue weighted by Gasteiger charge is 2.32. The van der Waals surface area contributed by atoms with Gasteiger partial charge in [0.2, 0.25) is 0 Å². The van der Waals surface area contributed by atoms with Crippen LogP contribution in [0.25, 0.3) is 16.8 Å². The van der Waals surface area contributed by atoms with Crippen molar-refractivity contribution in [1.82, 2.24) is 24.8 Å². The third kappa shape index (κ3) is 4.48. The van der Waals surface area contributed by atoms with Gasteiger partial charge in [-0.25, -0.2) is 0 Å². The highest BCUT2D eigenvalue weighted by molar-refractivity contribution is 5.66. The first-order valence-corrected chi connectivity index (χ1v) is 8.85. The highest BCUT2D eigenvalue weighted by atomic mass is 19.4. The predicted molar refractivity (Wildman–Crippen MR) is 102 cm³/mol. The minimum atomic E-state index is -4.48. The smallest absolute Gasteiger partial charge is 0.369 e. The van der Waals surface area contributed by atoms with Crippen LogP contribution < -0.4 is 0 Å². The minimum absolute atomic E-state index is 0.379. The molecule has 3 aromatic rings. The van der Waals surface area contributed by atoms with E-state index in [1.165, 1.54) is 6.07 Å². The van der Waals surface area contributed by atoms with Crippen LogP contribution >= 0.6 is 0 Å². The second-order valence-corrected chi connectivity index (χ2v) is 6.51. The molecule has 0 aliphatic carbocycles. The van der Waals surface area contributed by atoms with Crippen LogP contribution in [0.15, 0.2) is 73.6 Å². The lowest BCUT2D eigenvalue weighted by atomic mass is 10.1. The van der Waals surface area contributed by atoms with Gasteiger partial charge < -0.3 is 4.90 Å². The second-order valence-electron chi connectivity index (χ2n) is 6.51. The Morgan fingerprint density at radius 2 is 1.83 bits per heavy atom. The number of halogens is 3. The Balaban J connectivity index is 1.46. The molecule has 146 valence electrons. The molecule has 0 unspecified atom stereocenters. The molecule has 0 saturated carbocycles. The SMILES string of the molecule is FC(F)(F)c1cc(-c2ccc(CN3C=CC=C(c4cnccn4)C3)cn2)ccn1. The van der Waals surface area contributed by atoms with Crippen molar-refractivity contribution >= 4 is 5.57 Å². The summed E-state index contributed by atoms with van der Waals surface area (Å²) in [7, 11) is 0. The van der Waals surface area contributed by atoms with Gasteiger partial charge in [-0.15, -0.1) is 0 Å². The highest BCUT2D eigenvalue weighted by Crippen LogP contribution is 2.30. The summed E-state index contributed by atoms with van der Waals surface area (Å²) in [6, 6.07) is 6.11. The molecule has 0 amide bonds. The largest absolute Gasteiger partial charge is 0.433 e. The first-order chi connectivity index (χ1) is 14.0. The van der Waals surface area contributed by atoms with Gasteiger partial charge in [0.25, 0.3) is 0 Å². The number of allylic oxidation sites excluding steroid dienone is 2. The van der Waals surface area contributed by atoms with Crippen LogP contribution in [-0.4, -0.2) is 31.4 Å². The molecule has 0 spiro atoms. The summed E-state index contributed by atoms with van der Waals surface area (Å²) in [4.78, 5) is 18.2. The van der Waals surface area contributed by atoms with Crippen LogP contribution in [0.5, 0.6) is 0 Å². The maximum Gasteiger partial charge on any atom is 0.433 e. The molecule has 1 aliphatic rings. The summed E-state index contributed by atoms with van der Waals surface area (Å²) >= 11 is 0. The molecule has 8 heteroatoms. The molecular weight excluding hydrogens is 379 g/mol. The van der Waals surface area contributed by atoms with Crippen LogP contribution in [0.2, 0.25) is 0 Å². The first kappa shape index (κ1) is 18.8. The van der Waals surface area contributed by atoms with E-state index in [-0.39, 0.29) is 0 Å².